The molecule has 0 bridgehead atoms. The molecular weight excluding hydrogens is 444 g/mol. The second-order valence-electron chi connectivity index (χ2n) is 8.89. The lowest BCUT2D eigenvalue weighted by Crippen LogP contribution is -2.47. The zero-order valence-corrected chi connectivity index (χ0v) is 19.8. The maximum atomic E-state index is 12.3. The van der Waals surface area contributed by atoms with Crippen molar-refractivity contribution in [3.63, 3.8) is 0 Å². The fourth-order valence-electron chi connectivity index (χ4n) is 4.91. The molecule has 7 nitrogen and oxygen atoms in total. The number of hydrogen-bond acceptors (Lipinski definition) is 7. The summed E-state index contributed by atoms with van der Waals surface area (Å²) in [7, 11) is -3.54. The molecule has 0 unspecified atom stereocenters. The van der Waals surface area contributed by atoms with Gasteiger partial charge in [-0.1, -0.05) is 12.1 Å². The largest absolute Gasteiger partial charge is 0.452 e. The van der Waals surface area contributed by atoms with E-state index in [2.05, 4.69) is 38.8 Å². The van der Waals surface area contributed by atoms with Gasteiger partial charge in [0.05, 0.1) is 11.0 Å². The molecule has 0 atom stereocenters. The first-order valence-corrected chi connectivity index (χ1v) is 13.7. The number of rotatable bonds is 7. The Morgan fingerprint density at radius 2 is 1.81 bits per heavy atom. The highest BCUT2D eigenvalue weighted by molar-refractivity contribution is 7.89. The Kier molecular flexibility index (Phi) is 6.50. The first kappa shape index (κ1) is 21.9. The zero-order chi connectivity index (χ0) is 22.0. The lowest BCUT2D eigenvalue weighted by atomic mass is 9.84. The van der Waals surface area contributed by atoms with E-state index in [4.69, 9.17) is 8.79 Å². The molecule has 172 valence electrons. The minimum atomic E-state index is -3.54. The first-order chi connectivity index (χ1) is 15.6. The van der Waals surface area contributed by atoms with Crippen LogP contribution in [0, 0.1) is 5.92 Å². The summed E-state index contributed by atoms with van der Waals surface area (Å²) >= 11 is 1.59. The van der Waals surface area contributed by atoms with Crippen molar-refractivity contribution in [1.82, 2.24) is 14.0 Å². The quantitative estimate of drug-likeness (QED) is 0.559. The van der Waals surface area contributed by atoms with Crippen LogP contribution in [0.2, 0.25) is 0 Å². The number of nitrogens with zero attached hydrogens (tertiary/aromatic N) is 3. The van der Waals surface area contributed by atoms with E-state index in [-0.39, 0.29) is 11.1 Å². The molecular formula is C23H30N4O3S2. The smallest absolute Gasteiger partial charge is 0.274 e. The molecule has 1 saturated heterocycles. The minimum Gasteiger partial charge on any atom is -0.452 e. The van der Waals surface area contributed by atoms with Gasteiger partial charge in [-0.05, 0) is 80.4 Å². The molecule has 2 aliphatic rings. The van der Waals surface area contributed by atoms with Gasteiger partial charge in [0, 0.05) is 37.6 Å². The molecule has 9 heteroatoms. The average molecular weight is 475 g/mol. The molecule has 0 amide bonds. The summed E-state index contributed by atoms with van der Waals surface area (Å²) < 4.78 is 38.5. The van der Waals surface area contributed by atoms with Gasteiger partial charge in [-0.3, -0.25) is 4.90 Å². The average Bonchev–Trinajstić information content (AvgIpc) is 3.50. The van der Waals surface area contributed by atoms with E-state index in [0.717, 1.165) is 64.2 Å². The maximum absolute atomic E-state index is 12.3. The van der Waals surface area contributed by atoms with Crippen LogP contribution in [0.5, 0.6) is 0 Å². The molecule has 3 heterocycles. The second kappa shape index (κ2) is 9.51. The number of nitrogens with one attached hydrogen (secondary N) is 1. The number of hydrogen-bond donors (Lipinski definition) is 1. The summed E-state index contributed by atoms with van der Waals surface area (Å²) in [5.74, 6) is 1.82. The number of aromatic nitrogens is 1. The Balaban J connectivity index is 1.04. The third kappa shape index (κ3) is 4.85. The predicted octanol–water partition coefficient (Wildman–Crippen LogP) is 3.94. The number of furan rings is 1. The topological polar surface area (TPSA) is 78.7 Å². The zero-order valence-electron chi connectivity index (χ0n) is 18.2. The highest BCUT2D eigenvalue weighted by Crippen LogP contribution is 2.31. The van der Waals surface area contributed by atoms with Crippen LogP contribution in [0.15, 0.2) is 52.2 Å². The third-order valence-electron chi connectivity index (χ3n) is 6.81. The van der Waals surface area contributed by atoms with Gasteiger partial charge >= 0.3 is 0 Å². The molecule has 0 radical (unpaired) electrons. The lowest BCUT2D eigenvalue weighted by molar-refractivity contribution is 0.214. The van der Waals surface area contributed by atoms with Gasteiger partial charge < -0.3 is 9.32 Å². The summed E-state index contributed by atoms with van der Waals surface area (Å²) in [5, 5.41) is 1.27. The van der Waals surface area contributed by atoms with E-state index in [1.165, 1.54) is 28.8 Å². The normalized spacial score (nSPS) is 23.1. The fraction of sp³-hybridized carbons (Fsp3) is 0.522. The van der Waals surface area contributed by atoms with Gasteiger partial charge in [-0.25, -0.2) is 13.1 Å². The van der Waals surface area contributed by atoms with Gasteiger partial charge in [0.1, 0.15) is 5.82 Å². The van der Waals surface area contributed by atoms with Crippen LogP contribution >= 0.6 is 11.5 Å². The van der Waals surface area contributed by atoms with Crippen LogP contribution in [0.3, 0.4) is 0 Å². The number of piperazine rings is 1. The van der Waals surface area contributed by atoms with E-state index >= 15 is 0 Å². The van der Waals surface area contributed by atoms with Crippen molar-refractivity contribution in [2.45, 2.75) is 43.2 Å². The monoisotopic (exact) mass is 474 g/mol. The van der Waals surface area contributed by atoms with Crippen molar-refractivity contribution in [2.75, 3.05) is 37.6 Å². The Hall–Kier alpha value is -1.94. The summed E-state index contributed by atoms with van der Waals surface area (Å²) in [6.45, 7) is 5.32. The Morgan fingerprint density at radius 1 is 1.03 bits per heavy atom. The van der Waals surface area contributed by atoms with Crippen molar-refractivity contribution in [3.8, 4) is 0 Å². The molecule has 2 aromatic heterocycles. The van der Waals surface area contributed by atoms with E-state index in [9.17, 15) is 8.42 Å². The molecule has 5 rings (SSSR count). The van der Waals surface area contributed by atoms with E-state index in [1.54, 1.807) is 17.6 Å². The highest BCUT2D eigenvalue weighted by atomic mass is 32.2. The fourth-order valence-corrected chi connectivity index (χ4v) is 6.94. The number of sulfonamides is 1. The van der Waals surface area contributed by atoms with Crippen LogP contribution in [0.1, 0.15) is 32.1 Å². The molecule has 1 N–H and O–H groups in total. The Labute approximate surface area is 193 Å². The standard InChI is InChI=1S/C23H30N4O3S2/c28-32(29,22-6-3-17-30-22)25-19-9-7-18(8-10-19)11-12-26-13-15-27(16-14-26)23-20-4-1-2-5-21(20)31-24-23/h1-6,17-19,25H,7-16H2. The summed E-state index contributed by atoms with van der Waals surface area (Å²) in [6.07, 6.45) is 6.54. The van der Waals surface area contributed by atoms with Crippen LogP contribution < -0.4 is 9.62 Å². The van der Waals surface area contributed by atoms with Gasteiger partial charge in [0.25, 0.3) is 10.0 Å². The molecule has 1 aliphatic carbocycles. The van der Waals surface area contributed by atoms with Crippen molar-refractivity contribution < 1.29 is 12.8 Å². The summed E-state index contributed by atoms with van der Waals surface area (Å²) in [4.78, 5) is 4.99. The molecule has 1 saturated carbocycles. The van der Waals surface area contributed by atoms with Crippen molar-refractivity contribution in [2.24, 2.45) is 5.92 Å². The third-order valence-corrected chi connectivity index (χ3v) is 9.03. The Morgan fingerprint density at radius 3 is 2.56 bits per heavy atom. The molecule has 32 heavy (non-hydrogen) atoms. The maximum Gasteiger partial charge on any atom is 0.274 e. The number of fused-ring (bicyclic) bond motifs is 1. The molecule has 3 aromatic rings. The Bertz CT molecular complexity index is 1110. The number of benzene rings is 1. The van der Waals surface area contributed by atoms with E-state index < -0.39 is 10.0 Å². The van der Waals surface area contributed by atoms with Gasteiger partial charge in [0.15, 0.2) is 0 Å². The van der Waals surface area contributed by atoms with Gasteiger partial charge in [-0.2, -0.15) is 4.37 Å². The van der Waals surface area contributed by atoms with E-state index in [1.807, 2.05) is 0 Å². The number of anilines is 1. The van der Waals surface area contributed by atoms with Crippen LogP contribution in [0.4, 0.5) is 5.82 Å². The molecule has 0 spiro atoms. The van der Waals surface area contributed by atoms with Crippen molar-refractivity contribution in [3.05, 3.63) is 42.7 Å². The molecule has 1 aromatic carbocycles. The van der Waals surface area contributed by atoms with Crippen LogP contribution in [0.25, 0.3) is 10.1 Å². The second-order valence-corrected chi connectivity index (χ2v) is 11.3. The minimum absolute atomic E-state index is 0.00409. The predicted molar refractivity (Wildman–Crippen MR) is 128 cm³/mol. The highest BCUT2D eigenvalue weighted by Gasteiger charge is 2.28. The van der Waals surface area contributed by atoms with Crippen molar-refractivity contribution in [1.29, 1.82) is 0 Å². The van der Waals surface area contributed by atoms with Crippen LogP contribution in [-0.2, 0) is 10.0 Å². The van der Waals surface area contributed by atoms with Gasteiger partial charge in [0.2, 0.25) is 5.09 Å². The van der Waals surface area contributed by atoms with Crippen LogP contribution in [-0.4, -0.2) is 56.5 Å². The molecule has 2 fully saturated rings. The lowest BCUT2D eigenvalue weighted by Gasteiger charge is -2.36. The summed E-state index contributed by atoms with van der Waals surface area (Å²) in [5.41, 5.74) is 0. The van der Waals surface area contributed by atoms with Crippen molar-refractivity contribution >= 4 is 37.5 Å². The van der Waals surface area contributed by atoms with Gasteiger partial charge in [-0.15, -0.1) is 0 Å². The first-order valence-electron chi connectivity index (χ1n) is 11.5. The molecule has 1 aliphatic heterocycles. The SMILES string of the molecule is O=S(=O)(NC1CCC(CCN2CCN(c3nsc4ccccc34)CC2)CC1)c1ccco1. The van der Waals surface area contributed by atoms with E-state index in [0.29, 0.717) is 5.92 Å². The summed E-state index contributed by atoms with van der Waals surface area (Å²) in [6, 6.07) is 11.6.